The Morgan fingerprint density at radius 3 is 2.85 bits per heavy atom. The lowest BCUT2D eigenvalue weighted by Crippen LogP contribution is -2.40. The Hall–Kier alpha value is -1.09. The monoisotopic (exact) mass is 487 g/mol. The van der Waals surface area contributed by atoms with Gasteiger partial charge in [-0.3, -0.25) is 0 Å². The number of anilines is 1. The highest BCUT2D eigenvalue weighted by molar-refractivity contribution is 14.0. The molecule has 1 aromatic heterocycles. The number of aliphatic imine (C=N–C) groups is 1. The van der Waals surface area contributed by atoms with E-state index in [0.717, 1.165) is 51.1 Å². The summed E-state index contributed by atoms with van der Waals surface area (Å²) >= 11 is 0. The molecule has 7 heteroatoms. The normalized spacial score (nSPS) is 20.5. The SMILES string of the molecule is CCNC(=NCc1ccnc(N2CCCCC2)c1)N1CCC(COC)C1.I. The number of rotatable bonds is 6. The second kappa shape index (κ2) is 11.7. The molecule has 1 aromatic rings. The van der Waals surface area contributed by atoms with E-state index in [9.17, 15) is 0 Å². The van der Waals surface area contributed by atoms with Crippen LogP contribution in [0.2, 0.25) is 0 Å². The summed E-state index contributed by atoms with van der Waals surface area (Å²) in [4.78, 5) is 14.2. The van der Waals surface area contributed by atoms with Crippen LogP contribution >= 0.6 is 24.0 Å². The van der Waals surface area contributed by atoms with Gasteiger partial charge in [0.2, 0.25) is 0 Å². The van der Waals surface area contributed by atoms with Crippen LogP contribution in [0.3, 0.4) is 0 Å². The molecule has 0 aromatic carbocycles. The zero-order valence-electron chi connectivity index (χ0n) is 16.7. The number of nitrogens with one attached hydrogen (secondary N) is 1. The van der Waals surface area contributed by atoms with Crippen LogP contribution in [0.1, 0.15) is 38.2 Å². The number of methoxy groups -OCH3 is 1. The molecular weight excluding hydrogens is 453 g/mol. The second-order valence-corrected chi connectivity index (χ2v) is 7.30. The molecule has 0 amide bonds. The maximum absolute atomic E-state index is 5.32. The van der Waals surface area contributed by atoms with Gasteiger partial charge in [-0.15, -0.1) is 24.0 Å². The van der Waals surface area contributed by atoms with E-state index in [0.29, 0.717) is 12.5 Å². The molecule has 2 fully saturated rings. The van der Waals surface area contributed by atoms with E-state index in [1.54, 1.807) is 7.11 Å². The maximum atomic E-state index is 5.32. The van der Waals surface area contributed by atoms with Crippen molar-refractivity contribution in [2.24, 2.45) is 10.9 Å². The number of piperidine rings is 1. The van der Waals surface area contributed by atoms with Gasteiger partial charge in [0, 0.05) is 51.9 Å². The Kier molecular flexibility index (Phi) is 9.61. The van der Waals surface area contributed by atoms with E-state index >= 15 is 0 Å². The van der Waals surface area contributed by atoms with Crippen LogP contribution in [0.4, 0.5) is 5.82 Å². The summed E-state index contributed by atoms with van der Waals surface area (Å²) < 4.78 is 5.32. The fourth-order valence-corrected chi connectivity index (χ4v) is 3.84. The minimum absolute atomic E-state index is 0. The van der Waals surface area contributed by atoms with E-state index < -0.39 is 0 Å². The average molecular weight is 487 g/mol. The summed E-state index contributed by atoms with van der Waals surface area (Å²) in [5.41, 5.74) is 1.23. The molecule has 2 aliphatic heterocycles. The first-order valence-electron chi connectivity index (χ1n) is 10.0. The van der Waals surface area contributed by atoms with Gasteiger partial charge in [0.25, 0.3) is 0 Å². The highest BCUT2D eigenvalue weighted by atomic mass is 127. The van der Waals surface area contributed by atoms with Crippen molar-refractivity contribution in [3.05, 3.63) is 23.9 Å². The van der Waals surface area contributed by atoms with Gasteiger partial charge >= 0.3 is 0 Å². The van der Waals surface area contributed by atoms with E-state index in [1.165, 1.54) is 31.2 Å². The number of aromatic nitrogens is 1. The van der Waals surface area contributed by atoms with Gasteiger partial charge in [0.05, 0.1) is 13.2 Å². The number of hydrogen-bond donors (Lipinski definition) is 1. The molecule has 3 heterocycles. The Labute approximate surface area is 180 Å². The Balaban J connectivity index is 0.00000261. The highest BCUT2D eigenvalue weighted by Crippen LogP contribution is 2.19. The zero-order chi connectivity index (χ0) is 18.2. The number of pyridine rings is 1. The topological polar surface area (TPSA) is 53.0 Å². The van der Waals surface area contributed by atoms with Crippen molar-refractivity contribution in [3.63, 3.8) is 0 Å². The van der Waals surface area contributed by atoms with E-state index in [4.69, 9.17) is 9.73 Å². The molecule has 0 radical (unpaired) electrons. The van der Waals surface area contributed by atoms with Crippen LogP contribution in [0, 0.1) is 5.92 Å². The molecule has 1 unspecified atom stereocenters. The first-order valence-corrected chi connectivity index (χ1v) is 10.0. The van der Waals surface area contributed by atoms with Gasteiger partial charge in [0.1, 0.15) is 5.82 Å². The van der Waals surface area contributed by atoms with Crippen molar-refractivity contribution in [3.8, 4) is 0 Å². The first-order chi connectivity index (χ1) is 12.8. The van der Waals surface area contributed by atoms with E-state index in [1.807, 2.05) is 6.20 Å². The van der Waals surface area contributed by atoms with Crippen LogP contribution < -0.4 is 10.2 Å². The first kappa shape index (κ1) is 22.2. The molecule has 0 bridgehead atoms. The molecule has 27 heavy (non-hydrogen) atoms. The Morgan fingerprint density at radius 2 is 2.11 bits per heavy atom. The number of hydrogen-bond acceptors (Lipinski definition) is 4. The van der Waals surface area contributed by atoms with Crippen molar-refractivity contribution in [2.45, 2.75) is 39.2 Å². The third-order valence-electron chi connectivity index (χ3n) is 5.22. The molecule has 152 valence electrons. The smallest absolute Gasteiger partial charge is 0.194 e. The minimum Gasteiger partial charge on any atom is -0.384 e. The van der Waals surface area contributed by atoms with Gasteiger partial charge in [-0.1, -0.05) is 0 Å². The lowest BCUT2D eigenvalue weighted by atomic mass is 10.1. The minimum atomic E-state index is 0. The molecule has 2 aliphatic rings. The molecule has 6 nitrogen and oxygen atoms in total. The summed E-state index contributed by atoms with van der Waals surface area (Å²) in [6.45, 7) is 8.85. The van der Waals surface area contributed by atoms with Crippen molar-refractivity contribution in [1.82, 2.24) is 15.2 Å². The Bertz CT molecular complexity index is 591. The van der Waals surface area contributed by atoms with Gasteiger partial charge < -0.3 is 19.9 Å². The van der Waals surface area contributed by atoms with Gasteiger partial charge in [-0.25, -0.2) is 9.98 Å². The summed E-state index contributed by atoms with van der Waals surface area (Å²) in [7, 11) is 1.78. The summed E-state index contributed by atoms with van der Waals surface area (Å²) in [6, 6.07) is 4.29. The van der Waals surface area contributed by atoms with E-state index in [-0.39, 0.29) is 24.0 Å². The fraction of sp³-hybridized carbons (Fsp3) is 0.700. The van der Waals surface area contributed by atoms with Crippen LogP contribution in [-0.2, 0) is 11.3 Å². The van der Waals surface area contributed by atoms with E-state index in [2.05, 4.69) is 39.2 Å². The molecule has 1 N–H and O–H groups in total. The second-order valence-electron chi connectivity index (χ2n) is 7.30. The zero-order valence-corrected chi connectivity index (χ0v) is 19.0. The van der Waals surface area contributed by atoms with Crippen molar-refractivity contribution >= 4 is 35.8 Å². The largest absolute Gasteiger partial charge is 0.384 e. The lowest BCUT2D eigenvalue weighted by Gasteiger charge is -2.27. The number of nitrogens with zero attached hydrogens (tertiary/aromatic N) is 4. The summed E-state index contributed by atoms with van der Waals surface area (Å²) in [5, 5.41) is 3.44. The lowest BCUT2D eigenvalue weighted by molar-refractivity contribution is 0.157. The standard InChI is InChI=1S/C20H33N5O.HI/c1-3-21-20(25-12-8-18(15-25)16-26-2)23-14-17-7-9-22-19(13-17)24-10-5-4-6-11-24;/h7,9,13,18H,3-6,8,10-12,14-16H2,1-2H3,(H,21,23);1H. The molecule has 3 rings (SSSR count). The van der Waals surface area contributed by atoms with Gasteiger partial charge in [-0.2, -0.15) is 0 Å². The summed E-state index contributed by atoms with van der Waals surface area (Å²) in [5.74, 6) is 2.72. The maximum Gasteiger partial charge on any atom is 0.194 e. The molecule has 1 atom stereocenters. The molecule has 2 saturated heterocycles. The highest BCUT2D eigenvalue weighted by Gasteiger charge is 2.24. The van der Waals surface area contributed by atoms with Crippen LogP contribution in [0.25, 0.3) is 0 Å². The quantitative estimate of drug-likeness (QED) is 0.380. The number of likely N-dealkylation sites (tertiary alicyclic amines) is 1. The molecule has 0 saturated carbocycles. The van der Waals surface area contributed by atoms with Crippen molar-refractivity contribution < 1.29 is 4.74 Å². The fourth-order valence-electron chi connectivity index (χ4n) is 3.84. The predicted molar refractivity (Wildman–Crippen MR) is 122 cm³/mol. The van der Waals surface area contributed by atoms with Gasteiger partial charge in [0.15, 0.2) is 5.96 Å². The summed E-state index contributed by atoms with van der Waals surface area (Å²) in [6.07, 6.45) is 6.98. The third-order valence-corrected chi connectivity index (χ3v) is 5.22. The number of halogens is 1. The molecular formula is C20H34IN5O. The third kappa shape index (κ3) is 6.48. The van der Waals surface area contributed by atoms with Crippen LogP contribution in [0.5, 0.6) is 0 Å². The van der Waals surface area contributed by atoms with Crippen LogP contribution in [-0.4, -0.2) is 62.3 Å². The predicted octanol–water partition coefficient (Wildman–Crippen LogP) is 3.12. The van der Waals surface area contributed by atoms with Crippen molar-refractivity contribution in [1.29, 1.82) is 0 Å². The van der Waals surface area contributed by atoms with Crippen LogP contribution in [0.15, 0.2) is 23.3 Å². The number of ether oxygens (including phenoxy) is 1. The Morgan fingerprint density at radius 1 is 1.30 bits per heavy atom. The molecule has 0 aliphatic carbocycles. The van der Waals surface area contributed by atoms with Gasteiger partial charge in [-0.05, 0) is 50.3 Å². The number of guanidine groups is 1. The average Bonchev–Trinajstić information content (AvgIpc) is 3.15. The molecule has 0 spiro atoms. The van der Waals surface area contributed by atoms with Crippen molar-refractivity contribution in [2.75, 3.05) is 51.3 Å².